The van der Waals surface area contributed by atoms with Crippen LogP contribution in [0, 0.1) is 11.5 Å². The fourth-order valence-corrected chi connectivity index (χ4v) is 1.18. The van der Waals surface area contributed by atoms with Crippen molar-refractivity contribution in [3.63, 3.8) is 0 Å². The van der Waals surface area contributed by atoms with Crippen LogP contribution in [0.1, 0.15) is 6.42 Å². The second-order valence-corrected chi connectivity index (χ2v) is 2.96. The monoisotopic (exact) mass is 236 g/mol. The molecular formula is C8H10FO5P. The fourth-order valence-electron chi connectivity index (χ4n) is 0.839. The number of rotatable bonds is 4. The molecule has 0 saturated carbocycles. The Morgan fingerprint density at radius 1 is 1.33 bits per heavy atom. The van der Waals surface area contributed by atoms with E-state index in [1.165, 1.54) is 0 Å². The first-order valence-electron chi connectivity index (χ1n) is 3.94. The molecular weight excluding hydrogens is 226 g/mol. The molecule has 15 heavy (non-hydrogen) atoms. The molecule has 5 nitrogen and oxygen atoms in total. The Labute approximate surface area is 87.0 Å². The summed E-state index contributed by atoms with van der Waals surface area (Å²) in [5, 5.41) is 0. The summed E-state index contributed by atoms with van der Waals surface area (Å²) in [4.78, 5) is 21.7. The molecule has 2 atom stereocenters. The van der Waals surface area contributed by atoms with Crippen molar-refractivity contribution in [3.05, 3.63) is 0 Å². The van der Waals surface area contributed by atoms with Crippen LogP contribution in [-0.2, 0) is 23.6 Å². The molecule has 0 saturated heterocycles. The maximum absolute atomic E-state index is 13.0. The van der Waals surface area contributed by atoms with Gasteiger partial charge >= 0.3 is 86.2 Å². The van der Waals surface area contributed by atoms with Crippen LogP contribution in [0.25, 0.3) is 0 Å². The van der Waals surface area contributed by atoms with Crippen LogP contribution in [-0.4, -0.2) is 32.3 Å². The molecule has 0 radical (unpaired) electrons. The minimum atomic E-state index is -1.96. The van der Waals surface area contributed by atoms with Gasteiger partial charge in [0.15, 0.2) is 0 Å². The van der Waals surface area contributed by atoms with E-state index in [0.29, 0.717) is 0 Å². The molecule has 0 aliphatic heterocycles. The second kappa shape index (κ2) is 7.21. The van der Waals surface area contributed by atoms with Gasteiger partial charge in [-0.05, 0) is 0 Å². The average Bonchev–Trinajstić information content (AvgIpc) is 2.26. The molecule has 0 aromatic rings. The first-order chi connectivity index (χ1) is 7.06. The number of hydrogen-bond acceptors (Lipinski definition) is 5. The molecule has 7 heteroatoms. The summed E-state index contributed by atoms with van der Waals surface area (Å²) in [6, 6.07) is 0. The van der Waals surface area contributed by atoms with E-state index in [9.17, 15) is 18.5 Å². The van der Waals surface area contributed by atoms with Gasteiger partial charge in [0.1, 0.15) is 0 Å². The van der Waals surface area contributed by atoms with E-state index in [1.807, 2.05) is 0 Å². The summed E-state index contributed by atoms with van der Waals surface area (Å²) in [5.41, 5.74) is 2.14. The van der Waals surface area contributed by atoms with E-state index >= 15 is 0 Å². The number of hydrogen-bond donors (Lipinski definition) is 0. The van der Waals surface area contributed by atoms with Gasteiger partial charge in [-0.25, -0.2) is 0 Å². The number of alkyl halides is 1. The van der Waals surface area contributed by atoms with Gasteiger partial charge in [-0.15, -0.1) is 0 Å². The van der Waals surface area contributed by atoms with Gasteiger partial charge in [-0.3, -0.25) is 0 Å². The van der Waals surface area contributed by atoms with Crippen molar-refractivity contribution >= 4 is 19.9 Å². The van der Waals surface area contributed by atoms with Crippen LogP contribution in [0.15, 0.2) is 0 Å². The molecule has 0 fully saturated rings. The Bertz CT molecular complexity index is 336. The molecule has 0 bridgehead atoms. The third kappa shape index (κ3) is 4.77. The maximum atomic E-state index is 13.0. The zero-order valence-corrected chi connectivity index (χ0v) is 9.12. The van der Waals surface area contributed by atoms with Crippen molar-refractivity contribution in [3.8, 4) is 5.63 Å². The van der Waals surface area contributed by atoms with Gasteiger partial charge in [0.2, 0.25) is 0 Å². The third-order valence-corrected chi connectivity index (χ3v) is 2.01. The molecule has 0 aromatic carbocycles. The standard InChI is InChI=1S/C8H10FO5P/c1-13-7(10)5(4-15-12)3-6(9)8(11)14-2/h5-6H,3H2,1-2H3/t5-,6+/m1/s1. The SMILES string of the molecule is COC(=O)[C@@H](F)C[C@H](C#P=O)C(=O)OC. The fraction of sp³-hybridized carbons (Fsp3) is 0.625. The van der Waals surface area contributed by atoms with Crippen LogP contribution in [0.3, 0.4) is 0 Å². The Kier molecular flexibility index (Phi) is 6.67. The zero-order chi connectivity index (χ0) is 11.8. The van der Waals surface area contributed by atoms with Gasteiger partial charge < -0.3 is 0 Å². The Hall–Kier alpha value is -1.12. The van der Waals surface area contributed by atoms with E-state index in [1.54, 1.807) is 0 Å². The van der Waals surface area contributed by atoms with Crippen LogP contribution in [0.5, 0.6) is 0 Å². The summed E-state index contributed by atoms with van der Waals surface area (Å²) in [5.74, 6) is -3.04. The van der Waals surface area contributed by atoms with Gasteiger partial charge in [-0.2, -0.15) is 0 Å². The summed E-state index contributed by atoms with van der Waals surface area (Å²) in [6.07, 6.45) is -2.46. The van der Waals surface area contributed by atoms with Gasteiger partial charge in [0, 0.05) is 0 Å². The Morgan fingerprint density at radius 3 is 2.27 bits per heavy atom. The second-order valence-electron chi connectivity index (χ2n) is 2.52. The molecule has 0 N–H and O–H groups in total. The van der Waals surface area contributed by atoms with Crippen LogP contribution in [0.2, 0.25) is 0 Å². The van der Waals surface area contributed by atoms with Crippen molar-refractivity contribution in [2.24, 2.45) is 5.92 Å². The molecule has 0 amide bonds. The molecule has 0 aliphatic carbocycles. The van der Waals surface area contributed by atoms with Gasteiger partial charge in [-0.1, -0.05) is 0 Å². The predicted octanol–water partition coefficient (Wildman–Crippen LogP) is 0.928. The number of carbonyl (C=O) groups excluding carboxylic acids is 2. The summed E-state index contributed by atoms with van der Waals surface area (Å²) < 4.78 is 31.7. The molecule has 0 unspecified atom stereocenters. The number of halogens is 1. The average molecular weight is 236 g/mol. The normalized spacial score (nSPS) is 13.3. The quantitative estimate of drug-likeness (QED) is 0.536. The molecule has 0 spiro atoms. The van der Waals surface area contributed by atoms with Gasteiger partial charge in [0.05, 0.1) is 0 Å². The first-order valence-corrected chi connectivity index (χ1v) is 4.75. The summed E-state index contributed by atoms with van der Waals surface area (Å²) in [7, 11) is 1.58. The topological polar surface area (TPSA) is 69.7 Å². The Balaban J connectivity index is 4.53. The van der Waals surface area contributed by atoms with Gasteiger partial charge in [0.25, 0.3) is 0 Å². The number of methoxy groups -OCH3 is 2. The molecule has 0 rings (SSSR count). The van der Waals surface area contributed by atoms with E-state index in [2.05, 4.69) is 15.1 Å². The van der Waals surface area contributed by atoms with Crippen molar-refractivity contribution < 1.29 is 28.0 Å². The molecule has 0 heterocycles. The van der Waals surface area contributed by atoms with Crippen LogP contribution in [0.4, 0.5) is 4.39 Å². The van der Waals surface area contributed by atoms with E-state index in [0.717, 1.165) is 14.2 Å². The zero-order valence-electron chi connectivity index (χ0n) is 8.23. The van der Waals surface area contributed by atoms with Crippen molar-refractivity contribution in [1.29, 1.82) is 0 Å². The molecule has 84 valence electrons. The predicted molar refractivity (Wildman–Crippen MR) is 48.5 cm³/mol. The minimum absolute atomic E-state index is 0.491. The summed E-state index contributed by atoms with van der Waals surface area (Å²) >= 11 is 0. The van der Waals surface area contributed by atoms with E-state index in [-0.39, 0.29) is 0 Å². The Morgan fingerprint density at radius 2 is 1.87 bits per heavy atom. The first kappa shape index (κ1) is 13.9. The third-order valence-electron chi connectivity index (χ3n) is 1.59. The van der Waals surface area contributed by atoms with Crippen molar-refractivity contribution in [2.45, 2.75) is 12.6 Å². The number of carbonyl (C=O) groups is 2. The van der Waals surface area contributed by atoms with Crippen molar-refractivity contribution in [1.82, 2.24) is 0 Å². The molecule has 0 aliphatic rings. The number of ether oxygens (including phenoxy) is 2. The van der Waals surface area contributed by atoms with Crippen molar-refractivity contribution in [2.75, 3.05) is 14.2 Å². The van der Waals surface area contributed by atoms with E-state index in [4.69, 9.17) is 0 Å². The van der Waals surface area contributed by atoms with Crippen LogP contribution < -0.4 is 0 Å². The summed E-state index contributed by atoms with van der Waals surface area (Å²) in [6.45, 7) is 0. The molecule has 0 aromatic heterocycles. The van der Waals surface area contributed by atoms with E-state index < -0.39 is 38.4 Å². The van der Waals surface area contributed by atoms with Crippen LogP contribution >= 0.6 is 7.92 Å². The number of esters is 2.